The Morgan fingerprint density at radius 2 is 1.00 bits per heavy atom. The Morgan fingerprint density at radius 1 is 1.00 bits per heavy atom. The molecular formula is BCdO3Pb-. The minimum Gasteiger partial charge on any atom is -0.907 e. The van der Waals surface area contributed by atoms with Crippen molar-refractivity contribution in [2.24, 2.45) is 0 Å². The van der Waals surface area contributed by atoms with Crippen LogP contribution in [0.2, 0.25) is 0 Å². The quantitative estimate of drug-likeness (QED) is 0.401. The van der Waals surface area contributed by atoms with Crippen molar-refractivity contribution in [1.29, 1.82) is 0 Å². The summed E-state index contributed by atoms with van der Waals surface area (Å²) in [5, 5.41) is 25.2. The molecule has 0 aromatic heterocycles. The number of rotatable bonds is 0. The van der Waals surface area contributed by atoms with E-state index in [-0.39, 0.29) is 54.6 Å². The molecule has 0 fully saturated rings. The van der Waals surface area contributed by atoms with E-state index < -0.39 is 7.32 Å². The second-order valence-corrected chi connectivity index (χ2v) is 0.289. The standard InChI is InChI=1S/BO3.Cd.Pb/c2-1(3)4;;/q-3;+2;. The molecule has 0 N–H and O–H groups in total. The van der Waals surface area contributed by atoms with E-state index in [0.717, 1.165) is 0 Å². The molecule has 0 atom stereocenters. The van der Waals surface area contributed by atoms with Gasteiger partial charge in [0.15, 0.2) is 0 Å². The van der Waals surface area contributed by atoms with Crippen LogP contribution >= 0.6 is 0 Å². The maximum absolute atomic E-state index is 8.42. The van der Waals surface area contributed by atoms with Crippen LogP contribution in [-0.4, -0.2) is 34.6 Å². The van der Waals surface area contributed by atoms with Crippen molar-refractivity contribution < 1.29 is 42.4 Å². The molecule has 0 aliphatic rings. The van der Waals surface area contributed by atoms with E-state index in [4.69, 9.17) is 15.1 Å². The van der Waals surface area contributed by atoms with Gasteiger partial charge in [-0.3, -0.25) is 7.32 Å². The van der Waals surface area contributed by atoms with Gasteiger partial charge in [-0.05, 0) is 0 Å². The smallest absolute Gasteiger partial charge is 0.907 e. The Labute approximate surface area is 76.2 Å². The van der Waals surface area contributed by atoms with Crippen LogP contribution in [0.3, 0.4) is 0 Å². The van der Waals surface area contributed by atoms with Crippen molar-refractivity contribution in [3.05, 3.63) is 0 Å². The zero-order valence-corrected chi connectivity index (χ0v) is 10.9. The summed E-state index contributed by atoms with van der Waals surface area (Å²) in [5.74, 6) is 0. The minimum atomic E-state index is -2.92. The van der Waals surface area contributed by atoms with E-state index in [1.807, 2.05) is 0 Å². The summed E-state index contributed by atoms with van der Waals surface area (Å²) in [6.07, 6.45) is 0. The molecule has 0 saturated carbocycles. The van der Waals surface area contributed by atoms with Gasteiger partial charge in [-0.15, -0.1) is 0 Å². The molecule has 0 amide bonds. The van der Waals surface area contributed by atoms with E-state index in [1.54, 1.807) is 0 Å². The van der Waals surface area contributed by atoms with Crippen molar-refractivity contribution in [2.45, 2.75) is 0 Å². The maximum atomic E-state index is 8.42. The van der Waals surface area contributed by atoms with E-state index in [2.05, 4.69) is 0 Å². The largest absolute Gasteiger partial charge is 2.00 e. The van der Waals surface area contributed by atoms with Crippen LogP contribution in [0.25, 0.3) is 0 Å². The molecule has 0 unspecified atom stereocenters. The van der Waals surface area contributed by atoms with Crippen LogP contribution < -0.4 is 15.1 Å². The molecule has 0 saturated heterocycles. The van der Waals surface area contributed by atoms with E-state index in [0.29, 0.717) is 0 Å². The summed E-state index contributed by atoms with van der Waals surface area (Å²) in [6.45, 7) is 0. The maximum Gasteiger partial charge on any atom is 2.00 e. The Kier molecular flexibility index (Phi) is 25.9. The van der Waals surface area contributed by atoms with Crippen LogP contribution in [0.4, 0.5) is 0 Å². The molecule has 6 heavy (non-hydrogen) atoms. The average molecular weight is 378 g/mol. The summed E-state index contributed by atoms with van der Waals surface area (Å²) in [4.78, 5) is 0. The zero-order chi connectivity index (χ0) is 3.58. The molecule has 6 heteroatoms. The van der Waals surface area contributed by atoms with Crippen LogP contribution in [-0.2, 0) is 27.3 Å². The minimum absolute atomic E-state index is 0. The van der Waals surface area contributed by atoms with Crippen molar-refractivity contribution in [3.63, 3.8) is 0 Å². The van der Waals surface area contributed by atoms with Gasteiger partial charge in [0.2, 0.25) is 0 Å². The van der Waals surface area contributed by atoms with Gasteiger partial charge in [-0.25, -0.2) is 0 Å². The summed E-state index contributed by atoms with van der Waals surface area (Å²) in [5.41, 5.74) is 0. The molecule has 0 aromatic rings. The molecule has 0 heterocycles. The fourth-order valence-electron chi connectivity index (χ4n) is 0. The molecule has 4 radical (unpaired) electrons. The van der Waals surface area contributed by atoms with Gasteiger partial charge < -0.3 is 15.1 Å². The van der Waals surface area contributed by atoms with Crippen molar-refractivity contribution in [3.8, 4) is 0 Å². The second kappa shape index (κ2) is 9.92. The molecular weight excluding hydrogens is 378 g/mol. The molecule has 3 nitrogen and oxygen atoms in total. The van der Waals surface area contributed by atoms with Crippen LogP contribution in [0.5, 0.6) is 0 Å². The predicted molar refractivity (Wildman–Crippen MR) is 11.5 cm³/mol. The number of hydrogen-bond acceptors (Lipinski definition) is 3. The molecule has 28 valence electrons. The van der Waals surface area contributed by atoms with Crippen LogP contribution in [0.15, 0.2) is 0 Å². The normalized spacial score (nSPS) is 4.50. The van der Waals surface area contributed by atoms with E-state index in [1.165, 1.54) is 0 Å². The SMILES string of the molecule is [Cd+2].[O-]B([O-])[O-].[Pb]. The Bertz CT molecular complexity index is 15.5. The van der Waals surface area contributed by atoms with E-state index in [9.17, 15) is 0 Å². The van der Waals surface area contributed by atoms with E-state index >= 15 is 0 Å². The fraction of sp³-hybridized carbons (Fsp3) is 0. The third-order valence-electron chi connectivity index (χ3n) is 0. The first-order valence-corrected chi connectivity index (χ1v) is 0.707. The van der Waals surface area contributed by atoms with Gasteiger partial charge in [0, 0.05) is 27.3 Å². The molecule has 0 spiro atoms. The van der Waals surface area contributed by atoms with Gasteiger partial charge >= 0.3 is 27.3 Å². The Hall–Kier alpha value is 1.79. The monoisotopic (exact) mass is 381 g/mol. The first-order valence-electron chi connectivity index (χ1n) is 0.707. The zero-order valence-electron chi connectivity index (χ0n) is 3.01. The Balaban J connectivity index is -0.0000000450. The molecule has 0 aliphatic heterocycles. The topological polar surface area (TPSA) is 69.2 Å². The first-order chi connectivity index (χ1) is 1.73. The summed E-state index contributed by atoms with van der Waals surface area (Å²) < 4.78 is 0. The summed E-state index contributed by atoms with van der Waals surface area (Å²) in [6, 6.07) is 0. The Morgan fingerprint density at radius 3 is 1.00 bits per heavy atom. The summed E-state index contributed by atoms with van der Waals surface area (Å²) >= 11 is 0. The van der Waals surface area contributed by atoms with Crippen LogP contribution in [0.1, 0.15) is 0 Å². The molecule has 0 rings (SSSR count). The second-order valence-electron chi connectivity index (χ2n) is 0.289. The van der Waals surface area contributed by atoms with Crippen molar-refractivity contribution in [2.75, 3.05) is 0 Å². The number of hydrogen-bond donors (Lipinski definition) is 0. The van der Waals surface area contributed by atoms with Gasteiger partial charge in [0.1, 0.15) is 0 Å². The van der Waals surface area contributed by atoms with Crippen molar-refractivity contribution >= 4 is 34.6 Å². The first kappa shape index (κ1) is 15.7. The molecule has 0 bridgehead atoms. The van der Waals surface area contributed by atoms with Crippen LogP contribution in [0, 0.1) is 0 Å². The average Bonchev–Trinajstić information content (AvgIpc) is 0.811. The predicted octanol–water partition coefficient (Wildman–Crippen LogP) is -4.33. The third-order valence-corrected chi connectivity index (χ3v) is 0. The fourth-order valence-corrected chi connectivity index (χ4v) is 0. The third kappa shape index (κ3) is 41.5. The summed E-state index contributed by atoms with van der Waals surface area (Å²) in [7, 11) is -2.92. The molecule has 0 aromatic carbocycles. The van der Waals surface area contributed by atoms with Crippen molar-refractivity contribution in [1.82, 2.24) is 0 Å². The van der Waals surface area contributed by atoms with Gasteiger partial charge in [-0.1, -0.05) is 0 Å². The van der Waals surface area contributed by atoms with Gasteiger partial charge in [0.25, 0.3) is 0 Å². The van der Waals surface area contributed by atoms with Gasteiger partial charge in [0.05, 0.1) is 0 Å². The van der Waals surface area contributed by atoms with Gasteiger partial charge in [-0.2, -0.15) is 0 Å². The molecule has 0 aliphatic carbocycles.